The van der Waals surface area contributed by atoms with Gasteiger partial charge in [0.1, 0.15) is 5.75 Å². The lowest BCUT2D eigenvalue weighted by molar-refractivity contribution is 0.102. The highest BCUT2D eigenvalue weighted by Crippen LogP contribution is 2.28. The van der Waals surface area contributed by atoms with Crippen LogP contribution in [0.4, 0.5) is 11.4 Å². The largest absolute Gasteiger partial charge is 0.426 e. The molecule has 0 radical (unpaired) electrons. The third-order valence-electron chi connectivity index (χ3n) is 3.73. The number of carbonyl (C=O) groups excluding carboxylic acids is 1. The summed E-state index contributed by atoms with van der Waals surface area (Å²) in [4.78, 5) is 21.2. The van der Waals surface area contributed by atoms with Crippen LogP contribution in [0.25, 0.3) is 11.1 Å². The summed E-state index contributed by atoms with van der Waals surface area (Å²) in [6, 6.07) is 21.1. The molecule has 0 aromatic heterocycles. The first-order valence-electron chi connectivity index (χ1n) is 7.80. The SMILES string of the molecule is Nc1ccc(-c2ccccc2)cc1NC(=O)c1ccc(O[PH](=O)O)cc1. The maximum absolute atomic E-state index is 12.4. The molecule has 26 heavy (non-hydrogen) atoms. The van der Waals surface area contributed by atoms with Crippen LogP contribution in [0.3, 0.4) is 0 Å². The van der Waals surface area contributed by atoms with E-state index in [1.165, 1.54) is 24.3 Å². The van der Waals surface area contributed by atoms with Gasteiger partial charge in [0.2, 0.25) is 0 Å². The van der Waals surface area contributed by atoms with Crippen LogP contribution in [0.15, 0.2) is 72.8 Å². The molecule has 4 N–H and O–H groups in total. The minimum absolute atomic E-state index is 0.221. The summed E-state index contributed by atoms with van der Waals surface area (Å²) in [5.74, 6) is -0.122. The first kappa shape index (κ1) is 17.7. The molecule has 0 heterocycles. The molecular weight excluding hydrogens is 351 g/mol. The van der Waals surface area contributed by atoms with Crippen LogP contribution in [-0.4, -0.2) is 10.8 Å². The van der Waals surface area contributed by atoms with Gasteiger partial charge in [0.05, 0.1) is 11.4 Å². The minimum Gasteiger partial charge on any atom is -0.426 e. The summed E-state index contributed by atoms with van der Waals surface area (Å²) >= 11 is 0. The van der Waals surface area contributed by atoms with Gasteiger partial charge in [-0.2, -0.15) is 0 Å². The number of hydrogen-bond acceptors (Lipinski definition) is 4. The molecule has 0 bridgehead atoms. The third-order valence-corrected chi connectivity index (χ3v) is 4.14. The van der Waals surface area contributed by atoms with Gasteiger partial charge < -0.3 is 20.5 Å². The fraction of sp³-hybridized carbons (Fsp3) is 0. The maximum Gasteiger partial charge on any atom is 0.365 e. The van der Waals surface area contributed by atoms with Crippen LogP contribution in [0.1, 0.15) is 10.4 Å². The van der Waals surface area contributed by atoms with Crippen molar-refractivity contribution in [2.45, 2.75) is 0 Å². The maximum atomic E-state index is 12.4. The van der Waals surface area contributed by atoms with E-state index < -0.39 is 8.25 Å². The lowest BCUT2D eigenvalue weighted by Crippen LogP contribution is -2.13. The van der Waals surface area contributed by atoms with E-state index in [0.29, 0.717) is 16.9 Å². The van der Waals surface area contributed by atoms with E-state index in [1.54, 1.807) is 6.07 Å². The molecule has 1 amide bonds. The zero-order chi connectivity index (χ0) is 18.5. The van der Waals surface area contributed by atoms with Crippen LogP contribution in [0.5, 0.6) is 5.75 Å². The second-order valence-corrected chi connectivity index (χ2v) is 6.25. The van der Waals surface area contributed by atoms with E-state index >= 15 is 0 Å². The van der Waals surface area contributed by atoms with Crippen LogP contribution >= 0.6 is 8.25 Å². The Morgan fingerprint density at radius 2 is 1.65 bits per heavy atom. The van der Waals surface area contributed by atoms with E-state index in [9.17, 15) is 9.36 Å². The van der Waals surface area contributed by atoms with Crippen molar-refractivity contribution >= 4 is 25.5 Å². The quantitative estimate of drug-likeness (QED) is 0.468. The Balaban J connectivity index is 1.79. The lowest BCUT2D eigenvalue weighted by atomic mass is 10.0. The van der Waals surface area contributed by atoms with Gasteiger partial charge in [0.25, 0.3) is 5.91 Å². The number of carbonyl (C=O) groups is 1. The lowest BCUT2D eigenvalue weighted by Gasteiger charge is -2.11. The molecule has 0 fully saturated rings. The second-order valence-electron chi connectivity index (χ2n) is 5.51. The normalized spacial score (nSPS) is 11.6. The standard InChI is InChI=1S/C19H17N2O4P/c20-17-11-8-15(13-4-2-1-3-5-13)12-18(17)21-19(22)14-6-9-16(10-7-14)25-26(23)24/h1-12,26H,20H2,(H,21,22)(H,23,24). The molecule has 132 valence electrons. The van der Waals surface area contributed by atoms with Gasteiger partial charge in [-0.25, -0.2) is 4.57 Å². The Hall–Kier alpha value is -3.08. The molecule has 0 aliphatic carbocycles. The zero-order valence-corrected chi connectivity index (χ0v) is 14.7. The molecule has 0 aliphatic heterocycles. The Labute approximate surface area is 151 Å². The van der Waals surface area contributed by atoms with Crippen molar-refractivity contribution in [2.75, 3.05) is 11.1 Å². The number of nitrogens with two attached hydrogens (primary N) is 1. The molecule has 1 atom stereocenters. The van der Waals surface area contributed by atoms with E-state index in [0.717, 1.165) is 11.1 Å². The van der Waals surface area contributed by atoms with Crippen molar-refractivity contribution in [3.8, 4) is 16.9 Å². The van der Waals surface area contributed by atoms with Crippen molar-refractivity contribution in [3.63, 3.8) is 0 Å². The average Bonchev–Trinajstić information content (AvgIpc) is 2.64. The van der Waals surface area contributed by atoms with Crippen molar-refractivity contribution < 1.29 is 18.8 Å². The van der Waals surface area contributed by atoms with Crippen LogP contribution in [0, 0.1) is 0 Å². The predicted molar refractivity (Wildman–Crippen MR) is 103 cm³/mol. The Kier molecular flexibility index (Phi) is 5.37. The summed E-state index contributed by atoms with van der Waals surface area (Å²) in [6.45, 7) is 0. The summed E-state index contributed by atoms with van der Waals surface area (Å²) in [7, 11) is -3.07. The molecule has 3 aromatic carbocycles. The molecule has 6 nitrogen and oxygen atoms in total. The Bertz CT molecular complexity index is 944. The first-order chi connectivity index (χ1) is 12.5. The van der Waals surface area contributed by atoms with Crippen LogP contribution < -0.4 is 15.6 Å². The van der Waals surface area contributed by atoms with Gasteiger partial charge in [0.15, 0.2) is 0 Å². The van der Waals surface area contributed by atoms with E-state index in [2.05, 4.69) is 5.32 Å². The summed E-state index contributed by atoms with van der Waals surface area (Å²) in [5, 5.41) is 2.79. The summed E-state index contributed by atoms with van der Waals surface area (Å²) < 4.78 is 15.4. The summed E-state index contributed by atoms with van der Waals surface area (Å²) in [6.07, 6.45) is 0. The van der Waals surface area contributed by atoms with Crippen molar-refractivity contribution in [1.82, 2.24) is 0 Å². The summed E-state index contributed by atoms with van der Waals surface area (Å²) in [5.41, 5.74) is 9.27. The predicted octanol–water partition coefficient (Wildman–Crippen LogP) is 3.95. The van der Waals surface area contributed by atoms with Crippen LogP contribution in [0.2, 0.25) is 0 Å². The van der Waals surface area contributed by atoms with E-state index in [-0.39, 0.29) is 11.7 Å². The van der Waals surface area contributed by atoms with Gasteiger partial charge >= 0.3 is 8.25 Å². The topological polar surface area (TPSA) is 102 Å². The van der Waals surface area contributed by atoms with E-state index in [1.807, 2.05) is 42.5 Å². The van der Waals surface area contributed by atoms with Crippen molar-refractivity contribution in [3.05, 3.63) is 78.4 Å². The molecule has 3 aromatic rings. The minimum atomic E-state index is -3.07. The fourth-order valence-electron chi connectivity index (χ4n) is 2.44. The molecule has 0 aliphatic rings. The van der Waals surface area contributed by atoms with Gasteiger partial charge in [-0.15, -0.1) is 0 Å². The molecule has 0 saturated heterocycles. The number of amides is 1. The fourth-order valence-corrected chi connectivity index (χ4v) is 2.78. The van der Waals surface area contributed by atoms with Crippen molar-refractivity contribution in [1.29, 1.82) is 0 Å². The monoisotopic (exact) mass is 368 g/mol. The Morgan fingerprint density at radius 1 is 0.962 bits per heavy atom. The number of nitrogen functional groups attached to an aromatic ring is 1. The highest BCUT2D eigenvalue weighted by atomic mass is 31.1. The van der Waals surface area contributed by atoms with Crippen LogP contribution in [-0.2, 0) is 4.57 Å². The molecule has 7 heteroatoms. The molecule has 0 spiro atoms. The molecule has 0 saturated carbocycles. The smallest absolute Gasteiger partial charge is 0.365 e. The molecule has 1 unspecified atom stereocenters. The number of nitrogens with one attached hydrogen (secondary N) is 1. The molecule has 3 rings (SSSR count). The second kappa shape index (κ2) is 7.87. The zero-order valence-electron chi connectivity index (χ0n) is 13.7. The van der Waals surface area contributed by atoms with Crippen molar-refractivity contribution in [2.24, 2.45) is 0 Å². The van der Waals surface area contributed by atoms with Gasteiger partial charge in [-0.05, 0) is 47.5 Å². The highest BCUT2D eigenvalue weighted by Gasteiger charge is 2.10. The molecular formula is C19H17N2O4P. The average molecular weight is 368 g/mol. The number of rotatable bonds is 5. The number of hydrogen-bond donors (Lipinski definition) is 3. The van der Waals surface area contributed by atoms with Gasteiger partial charge in [-0.1, -0.05) is 36.4 Å². The van der Waals surface area contributed by atoms with Gasteiger partial charge in [0, 0.05) is 5.56 Å². The number of benzene rings is 3. The van der Waals surface area contributed by atoms with Gasteiger partial charge in [-0.3, -0.25) is 4.79 Å². The number of anilines is 2. The third kappa shape index (κ3) is 4.30. The highest BCUT2D eigenvalue weighted by molar-refractivity contribution is 7.32. The van der Waals surface area contributed by atoms with E-state index in [4.69, 9.17) is 15.2 Å². The first-order valence-corrected chi connectivity index (χ1v) is 9.06. The Morgan fingerprint density at radius 3 is 2.31 bits per heavy atom.